The van der Waals surface area contributed by atoms with Crippen LogP contribution in [0.5, 0.6) is 11.8 Å². The summed E-state index contributed by atoms with van der Waals surface area (Å²) in [6.45, 7) is 0.373. The average Bonchev–Trinajstić information content (AvgIpc) is 3.13. The molecule has 4 rings (SSSR count). The standard InChI is InChI=1S/C19H12Cl2FN3O2/c20-11-6-12(21)8-15(7-11)27-19-24-17-4-3-13(22)9-16(17)18(25-19)23-10-14-2-1-5-26-14/h1-9H,10H2,(H,23,24,25). The zero-order valence-corrected chi connectivity index (χ0v) is 15.3. The van der Waals surface area contributed by atoms with Crippen LogP contribution < -0.4 is 10.1 Å². The van der Waals surface area contributed by atoms with Crippen LogP contribution in [0.3, 0.4) is 0 Å². The molecule has 0 aliphatic carbocycles. The number of benzene rings is 2. The summed E-state index contributed by atoms with van der Waals surface area (Å²) in [6.07, 6.45) is 1.58. The summed E-state index contributed by atoms with van der Waals surface area (Å²) in [5.74, 6) is 1.13. The second-order valence-corrected chi connectivity index (χ2v) is 6.53. The van der Waals surface area contributed by atoms with E-state index >= 15 is 0 Å². The molecule has 0 radical (unpaired) electrons. The molecule has 4 aromatic rings. The number of nitrogens with one attached hydrogen (secondary N) is 1. The Hall–Kier alpha value is -2.83. The van der Waals surface area contributed by atoms with Crippen molar-refractivity contribution in [2.24, 2.45) is 0 Å². The Morgan fingerprint density at radius 2 is 1.85 bits per heavy atom. The molecule has 1 N–H and O–H groups in total. The van der Waals surface area contributed by atoms with Gasteiger partial charge in [-0.05, 0) is 48.5 Å². The van der Waals surface area contributed by atoms with Crippen LogP contribution in [0.1, 0.15) is 5.76 Å². The minimum absolute atomic E-state index is 0.0781. The van der Waals surface area contributed by atoms with Gasteiger partial charge < -0.3 is 14.5 Å². The fourth-order valence-electron chi connectivity index (χ4n) is 2.54. The number of hydrogen-bond donors (Lipinski definition) is 1. The first kappa shape index (κ1) is 17.6. The molecule has 0 amide bonds. The van der Waals surface area contributed by atoms with E-state index in [-0.39, 0.29) is 11.8 Å². The number of fused-ring (bicyclic) bond motifs is 1. The number of aromatic nitrogens is 2. The lowest BCUT2D eigenvalue weighted by Crippen LogP contribution is -2.04. The average molecular weight is 404 g/mol. The van der Waals surface area contributed by atoms with Crippen molar-refractivity contribution in [2.75, 3.05) is 5.32 Å². The Kier molecular flexibility index (Phi) is 4.83. The van der Waals surface area contributed by atoms with Crippen LogP contribution in [0, 0.1) is 5.82 Å². The van der Waals surface area contributed by atoms with E-state index in [0.717, 1.165) is 0 Å². The Bertz CT molecular complexity index is 1080. The van der Waals surface area contributed by atoms with Crippen molar-refractivity contribution in [1.29, 1.82) is 0 Å². The van der Waals surface area contributed by atoms with Crippen LogP contribution in [0.25, 0.3) is 10.9 Å². The third-order valence-corrected chi connectivity index (χ3v) is 4.13. The smallest absolute Gasteiger partial charge is 0.324 e. The Labute approximate surface area is 163 Å². The van der Waals surface area contributed by atoms with Gasteiger partial charge in [0.15, 0.2) is 0 Å². The molecule has 0 atom stereocenters. The van der Waals surface area contributed by atoms with E-state index in [1.165, 1.54) is 12.1 Å². The molecule has 0 bridgehead atoms. The summed E-state index contributed by atoms with van der Waals surface area (Å²) >= 11 is 12.0. The zero-order valence-electron chi connectivity index (χ0n) is 13.7. The van der Waals surface area contributed by atoms with Gasteiger partial charge in [0.05, 0.1) is 18.3 Å². The minimum atomic E-state index is -0.387. The number of nitrogens with zero attached hydrogens (tertiary/aromatic N) is 2. The molecule has 2 heterocycles. The van der Waals surface area contributed by atoms with E-state index in [9.17, 15) is 4.39 Å². The van der Waals surface area contributed by atoms with Gasteiger partial charge in [0.25, 0.3) is 0 Å². The second-order valence-electron chi connectivity index (χ2n) is 5.66. The normalized spacial score (nSPS) is 10.9. The molecule has 0 saturated heterocycles. The van der Waals surface area contributed by atoms with Gasteiger partial charge in [-0.15, -0.1) is 0 Å². The first-order chi connectivity index (χ1) is 13.1. The molecule has 0 saturated carbocycles. The van der Waals surface area contributed by atoms with E-state index in [2.05, 4.69) is 15.3 Å². The monoisotopic (exact) mass is 403 g/mol. The number of anilines is 1. The van der Waals surface area contributed by atoms with Crippen molar-refractivity contribution in [2.45, 2.75) is 6.54 Å². The summed E-state index contributed by atoms with van der Waals surface area (Å²) in [5, 5.41) is 4.50. The molecule has 2 aromatic carbocycles. The van der Waals surface area contributed by atoms with E-state index in [1.54, 1.807) is 36.6 Å². The minimum Gasteiger partial charge on any atom is -0.467 e. The van der Waals surface area contributed by atoms with Crippen LogP contribution in [0.15, 0.2) is 59.2 Å². The topological polar surface area (TPSA) is 60.2 Å². The molecule has 8 heteroatoms. The van der Waals surface area contributed by atoms with Crippen LogP contribution >= 0.6 is 23.2 Å². The summed E-state index contributed by atoms with van der Waals surface area (Å²) in [4.78, 5) is 8.68. The van der Waals surface area contributed by atoms with E-state index in [4.69, 9.17) is 32.4 Å². The Balaban J connectivity index is 1.71. The highest BCUT2D eigenvalue weighted by Crippen LogP contribution is 2.30. The maximum Gasteiger partial charge on any atom is 0.324 e. The predicted octanol–water partition coefficient (Wildman–Crippen LogP) is 6.07. The van der Waals surface area contributed by atoms with Gasteiger partial charge in [-0.25, -0.2) is 4.39 Å². The van der Waals surface area contributed by atoms with E-state index in [1.807, 2.05) is 6.07 Å². The third-order valence-electron chi connectivity index (χ3n) is 3.69. The van der Waals surface area contributed by atoms with E-state index < -0.39 is 0 Å². The Morgan fingerprint density at radius 1 is 1.04 bits per heavy atom. The fraction of sp³-hybridized carbons (Fsp3) is 0.0526. The number of halogens is 3. The van der Waals surface area contributed by atoms with Crippen LogP contribution in [0.2, 0.25) is 10.0 Å². The molecular weight excluding hydrogens is 392 g/mol. The predicted molar refractivity (Wildman–Crippen MR) is 102 cm³/mol. The maximum absolute atomic E-state index is 13.7. The largest absolute Gasteiger partial charge is 0.467 e. The molecular formula is C19H12Cl2FN3O2. The van der Waals surface area contributed by atoms with Crippen molar-refractivity contribution in [3.05, 3.63) is 76.4 Å². The lowest BCUT2D eigenvalue weighted by atomic mass is 10.2. The number of rotatable bonds is 5. The van der Waals surface area contributed by atoms with Crippen LogP contribution in [-0.4, -0.2) is 9.97 Å². The van der Waals surface area contributed by atoms with Crippen LogP contribution in [0.4, 0.5) is 10.2 Å². The van der Waals surface area contributed by atoms with Crippen molar-refractivity contribution >= 4 is 39.9 Å². The number of hydrogen-bond acceptors (Lipinski definition) is 5. The third kappa shape index (κ3) is 4.13. The van der Waals surface area contributed by atoms with Crippen molar-refractivity contribution in [1.82, 2.24) is 9.97 Å². The van der Waals surface area contributed by atoms with Crippen LogP contribution in [-0.2, 0) is 6.54 Å². The highest BCUT2D eigenvalue weighted by Gasteiger charge is 2.12. The summed E-state index contributed by atoms with van der Waals surface area (Å²) in [6, 6.07) is 12.7. The SMILES string of the molecule is Fc1ccc2nc(Oc3cc(Cl)cc(Cl)c3)nc(NCc3ccco3)c2c1. The zero-order chi connectivity index (χ0) is 18.8. The lowest BCUT2D eigenvalue weighted by Gasteiger charge is -2.11. The quantitative estimate of drug-likeness (QED) is 0.437. The first-order valence-corrected chi connectivity index (χ1v) is 8.70. The molecule has 2 aromatic heterocycles. The van der Waals surface area contributed by atoms with Crippen molar-refractivity contribution in [3.8, 4) is 11.8 Å². The Morgan fingerprint density at radius 3 is 2.59 bits per heavy atom. The number of furan rings is 1. The van der Waals surface area contributed by atoms with Crippen molar-refractivity contribution < 1.29 is 13.5 Å². The van der Waals surface area contributed by atoms with E-state index in [0.29, 0.717) is 44.8 Å². The van der Waals surface area contributed by atoms with Crippen molar-refractivity contribution in [3.63, 3.8) is 0 Å². The van der Waals surface area contributed by atoms with Gasteiger partial charge in [0.1, 0.15) is 23.1 Å². The molecule has 0 aliphatic rings. The second kappa shape index (κ2) is 7.42. The summed E-state index contributed by atoms with van der Waals surface area (Å²) in [7, 11) is 0. The highest BCUT2D eigenvalue weighted by atomic mass is 35.5. The van der Waals surface area contributed by atoms with Gasteiger partial charge in [-0.1, -0.05) is 23.2 Å². The van der Waals surface area contributed by atoms with Gasteiger partial charge in [-0.3, -0.25) is 0 Å². The molecule has 0 aliphatic heterocycles. The van der Waals surface area contributed by atoms with Gasteiger partial charge in [-0.2, -0.15) is 9.97 Å². The summed E-state index contributed by atoms with van der Waals surface area (Å²) in [5.41, 5.74) is 0.525. The first-order valence-electron chi connectivity index (χ1n) is 7.94. The molecule has 0 spiro atoms. The number of ether oxygens (including phenoxy) is 1. The molecule has 0 fully saturated rings. The highest BCUT2D eigenvalue weighted by molar-refractivity contribution is 6.34. The molecule has 136 valence electrons. The fourth-order valence-corrected chi connectivity index (χ4v) is 3.04. The lowest BCUT2D eigenvalue weighted by molar-refractivity contribution is 0.445. The van der Waals surface area contributed by atoms with Gasteiger partial charge >= 0.3 is 6.01 Å². The van der Waals surface area contributed by atoms with Gasteiger partial charge in [0, 0.05) is 15.4 Å². The maximum atomic E-state index is 13.7. The molecule has 0 unspecified atom stereocenters. The summed E-state index contributed by atoms with van der Waals surface area (Å²) < 4.78 is 24.7. The molecule has 5 nitrogen and oxygen atoms in total. The molecule has 27 heavy (non-hydrogen) atoms. The van der Waals surface area contributed by atoms with Gasteiger partial charge in [0.2, 0.25) is 0 Å².